The molecule has 0 N–H and O–H groups in total. The summed E-state index contributed by atoms with van der Waals surface area (Å²) >= 11 is 0. The number of allylic oxidation sites excluding steroid dienone is 2. The molecule has 1 aromatic carbocycles. The number of rotatable bonds is 2. The minimum Gasteiger partial charge on any atom is -0.0961 e. The fourth-order valence-corrected chi connectivity index (χ4v) is 1.34. The van der Waals surface area contributed by atoms with Crippen LogP contribution in [-0.4, -0.2) is 0 Å². The van der Waals surface area contributed by atoms with Crippen molar-refractivity contribution in [1.82, 2.24) is 0 Å². The van der Waals surface area contributed by atoms with Gasteiger partial charge in [-0.15, -0.1) is 0 Å². The lowest BCUT2D eigenvalue weighted by Crippen LogP contribution is -1.79. The standard InChI is InChI=1S/C13H16/c1-10(2)5-6-13-8-11(3)7-12(4)9-13/h5-9H,1H2,2-4H3/b6-5+. The van der Waals surface area contributed by atoms with Gasteiger partial charge in [0.25, 0.3) is 0 Å². The Kier molecular flexibility index (Phi) is 3.07. The van der Waals surface area contributed by atoms with Gasteiger partial charge in [0.15, 0.2) is 0 Å². The summed E-state index contributed by atoms with van der Waals surface area (Å²) in [4.78, 5) is 0. The summed E-state index contributed by atoms with van der Waals surface area (Å²) in [5.41, 5.74) is 4.95. The van der Waals surface area contributed by atoms with Gasteiger partial charge in [-0.3, -0.25) is 0 Å². The zero-order valence-electron chi connectivity index (χ0n) is 8.59. The third-order valence-electron chi connectivity index (χ3n) is 1.80. The van der Waals surface area contributed by atoms with Gasteiger partial charge in [-0.2, -0.15) is 0 Å². The van der Waals surface area contributed by atoms with Crippen LogP contribution in [0.25, 0.3) is 6.08 Å². The van der Waals surface area contributed by atoms with Crippen LogP contribution in [-0.2, 0) is 0 Å². The highest BCUT2D eigenvalue weighted by Gasteiger charge is 1.91. The van der Waals surface area contributed by atoms with Crippen molar-refractivity contribution in [3.8, 4) is 0 Å². The van der Waals surface area contributed by atoms with Crippen LogP contribution in [0.4, 0.5) is 0 Å². The highest BCUT2D eigenvalue weighted by Crippen LogP contribution is 2.10. The van der Waals surface area contributed by atoms with E-state index in [1.54, 1.807) is 0 Å². The maximum Gasteiger partial charge on any atom is -0.0251 e. The summed E-state index contributed by atoms with van der Waals surface area (Å²) in [6.45, 7) is 10.1. The molecule has 68 valence electrons. The van der Waals surface area contributed by atoms with E-state index in [2.05, 4.69) is 44.7 Å². The van der Waals surface area contributed by atoms with E-state index in [0.29, 0.717) is 0 Å². The molecule has 0 spiro atoms. The van der Waals surface area contributed by atoms with Gasteiger partial charge >= 0.3 is 0 Å². The molecule has 0 saturated heterocycles. The molecular weight excluding hydrogens is 156 g/mol. The zero-order chi connectivity index (χ0) is 9.84. The molecule has 0 bridgehead atoms. The van der Waals surface area contributed by atoms with Crippen LogP contribution in [0.15, 0.2) is 36.4 Å². The van der Waals surface area contributed by atoms with E-state index in [-0.39, 0.29) is 0 Å². The van der Waals surface area contributed by atoms with E-state index >= 15 is 0 Å². The first kappa shape index (κ1) is 9.79. The largest absolute Gasteiger partial charge is 0.0961 e. The number of benzene rings is 1. The normalized spacial score (nSPS) is 10.7. The monoisotopic (exact) mass is 172 g/mol. The van der Waals surface area contributed by atoms with Gasteiger partial charge in [0.2, 0.25) is 0 Å². The third kappa shape index (κ3) is 3.29. The van der Waals surface area contributed by atoms with E-state index in [9.17, 15) is 0 Å². The first-order valence-electron chi connectivity index (χ1n) is 4.50. The first-order chi connectivity index (χ1) is 6.08. The van der Waals surface area contributed by atoms with Crippen LogP contribution in [0.3, 0.4) is 0 Å². The number of hydrogen-bond donors (Lipinski definition) is 0. The van der Waals surface area contributed by atoms with Gasteiger partial charge in [0, 0.05) is 0 Å². The summed E-state index contributed by atoms with van der Waals surface area (Å²) in [5.74, 6) is 0. The summed E-state index contributed by atoms with van der Waals surface area (Å²) in [6, 6.07) is 6.52. The quantitative estimate of drug-likeness (QED) is 0.594. The molecule has 0 fully saturated rings. The maximum absolute atomic E-state index is 3.83. The lowest BCUT2D eigenvalue weighted by molar-refractivity contribution is 1.37. The van der Waals surface area contributed by atoms with E-state index in [0.717, 1.165) is 5.57 Å². The molecular formula is C13H16. The van der Waals surface area contributed by atoms with Crippen LogP contribution in [0.1, 0.15) is 23.6 Å². The maximum atomic E-state index is 3.83. The Morgan fingerprint density at radius 3 is 2.15 bits per heavy atom. The van der Waals surface area contributed by atoms with Crippen molar-refractivity contribution >= 4 is 6.08 Å². The van der Waals surface area contributed by atoms with Gasteiger partial charge in [-0.05, 0) is 26.3 Å². The van der Waals surface area contributed by atoms with Crippen molar-refractivity contribution < 1.29 is 0 Å². The highest BCUT2D eigenvalue weighted by atomic mass is 14.0. The molecule has 1 aromatic rings. The van der Waals surface area contributed by atoms with Gasteiger partial charge in [0.1, 0.15) is 0 Å². The van der Waals surface area contributed by atoms with Crippen molar-refractivity contribution in [2.75, 3.05) is 0 Å². The fourth-order valence-electron chi connectivity index (χ4n) is 1.34. The van der Waals surface area contributed by atoms with Crippen LogP contribution in [0.2, 0.25) is 0 Å². The predicted molar refractivity (Wildman–Crippen MR) is 59.8 cm³/mol. The van der Waals surface area contributed by atoms with Crippen molar-refractivity contribution in [3.63, 3.8) is 0 Å². The highest BCUT2D eigenvalue weighted by molar-refractivity contribution is 5.54. The fraction of sp³-hybridized carbons (Fsp3) is 0.231. The van der Waals surface area contributed by atoms with Crippen molar-refractivity contribution in [2.45, 2.75) is 20.8 Å². The molecule has 0 amide bonds. The van der Waals surface area contributed by atoms with E-state index in [1.165, 1.54) is 16.7 Å². The van der Waals surface area contributed by atoms with Gasteiger partial charge in [0.05, 0.1) is 0 Å². The van der Waals surface area contributed by atoms with Gasteiger partial charge in [-0.25, -0.2) is 0 Å². The molecule has 1 rings (SSSR count). The molecule has 0 nitrogen and oxygen atoms in total. The topological polar surface area (TPSA) is 0 Å². The molecule has 0 atom stereocenters. The summed E-state index contributed by atoms with van der Waals surface area (Å²) < 4.78 is 0. The molecule has 0 heterocycles. The second-order valence-corrected chi connectivity index (χ2v) is 3.60. The molecule has 0 aliphatic carbocycles. The van der Waals surface area contributed by atoms with Crippen LogP contribution in [0, 0.1) is 13.8 Å². The SMILES string of the molecule is C=C(C)/C=C/c1cc(C)cc(C)c1. The zero-order valence-corrected chi connectivity index (χ0v) is 8.59. The number of hydrogen-bond acceptors (Lipinski definition) is 0. The Hall–Kier alpha value is -1.30. The molecule has 0 radical (unpaired) electrons. The molecule has 13 heavy (non-hydrogen) atoms. The second kappa shape index (κ2) is 4.08. The number of aryl methyl sites for hydroxylation is 2. The minimum absolute atomic E-state index is 1.08. The summed E-state index contributed by atoms with van der Waals surface area (Å²) in [6.07, 6.45) is 4.14. The Morgan fingerprint density at radius 2 is 1.69 bits per heavy atom. The molecule has 0 aliphatic heterocycles. The van der Waals surface area contributed by atoms with E-state index in [1.807, 2.05) is 13.0 Å². The van der Waals surface area contributed by atoms with E-state index < -0.39 is 0 Å². The lowest BCUT2D eigenvalue weighted by atomic mass is 10.1. The Balaban J connectivity index is 2.95. The summed E-state index contributed by atoms with van der Waals surface area (Å²) in [5, 5.41) is 0. The smallest absolute Gasteiger partial charge is 0.0251 e. The Labute approximate surface area is 80.6 Å². The van der Waals surface area contributed by atoms with Crippen LogP contribution >= 0.6 is 0 Å². The summed E-state index contributed by atoms with van der Waals surface area (Å²) in [7, 11) is 0. The van der Waals surface area contributed by atoms with Crippen LogP contribution in [0.5, 0.6) is 0 Å². The van der Waals surface area contributed by atoms with E-state index in [4.69, 9.17) is 0 Å². The van der Waals surface area contributed by atoms with Gasteiger partial charge in [-0.1, -0.05) is 53.6 Å². The molecule has 0 heteroatoms. The van der Waals surface area contributed by atoms with Gasteiger partial charge < -0.3 is 0 Å². The first-order valence-corrected chi connectivity index (χ1v) is 4.50. The van der Waals surface area contributed by atoms with Crippen molar-refractivity contribution in [1.29, 1.82) is 0 Å². The Morgan fingerprint density at radius 1 is 1.15 bits per heavy atom. The molecule has 0 saturated carbocycles. The molecule has 0 unspecified atom stereocenters. The Bertz CT molecular complexity index is 323. The molecule has 0 aliphatic rings. The van der Waals surface area contributed by atoms with Crippen molar-refractivity contribution in [2.24, 2.45) is 0 Å². The second-order valence-electron chi connectivity index (χ2n) is 3.60. The van der Waals surface area contributed by atoms with Crippen molar-refractivity contribution in [3.05, 3.63) is 53.1 Å². The average molecular weight is 172 g/mol. The lowest BCUT2D eigenvalue weighted by Gasteiger charge is -1.99. The van der Waals surface area contributed by atoms with Crippen LogP contribution < -0.4 is 0 Å². The predicted octanol–water partition coefficient (Wildman–Crippen LogP) is 3.89. The minimum atomic E-state index is 1.08. The average Bonchev–Trinajstić information content (AvgIpc) is 1.99. The molecule has 0 aromatic heterocycles. The third-order valence-corrected chi connectivity index (χ3v) is 1.80.